The SMILES string of the molecule is N#Cc1ccc(N(Cc2cccs2)CC2CCCO2)nn1. The number of nitrogens with zero attached hydrogens (tertiary/aromatic N) is 4. The second-order valence-electron chi connectivity index (χ2n) is 4.98. The molecule has 1 unspecified atom stereocenters. The molecule has 21 heavy (non-hydrogen) atoms. The summed E-state index contributed by atoms with van der Waals surface area (Å²) in [6.07, 6.45) is 2.46. The number of hydrogen-bond acceptors (Lipinski definition) is 6. The molecule has 0 amide bonds. The van der Waals surface area contributed by atoms with Gasteiger partial charge in [0.15, 0.2) is 11.5 Å². The third-order valence-electron chi connectivity index (χ3n) is 3.46. The van der Waals surface area contributed by atoms with Gasteiger partial charge in [0.05, 0.1) is 12.6 Å². The Morgan fingerprint density at radius 1 is 1.38 bits per heavy atom. The Bertz CT molecular complexity index is 600. The molecule has 0 bridgehead atoms. The number of nitriles is 1. The summed E-state index contributed by atoms with van der Waals surface area (Å²) in [5.41, 5.74) is 0.340. The zero-order valence-corrected chi connectivity index (χ0v) is 12.4. The summed E-state index contributed by atoms with van der Waals surface area (Å²) in [6.45, 7) is 2.44. The van der Waals surface area contributed by atoms with Crippen molar-refractivity contribution in [1.29, 1.82) is 5.26 Å². The van der Waals surface area contributed by atoms with Crippen LogP contribution in [0.25, 0.3) is 0 Å². The highest BCUT2D eigenvalue weighted by molar-refractivity contribution is 7.09. The monoisotopic (exact) mass is 300 g/mol. The van der Waals surface area contributed by atoms with E-state index in [1.165, 1.54) is 4.88 Å². The van der Waals surface area contributed by atoms with E-state index in [2.05, 4.69) is 32.6 Å². The summed E-state index contributed by atoms with van der Waals surface area (Å²) in [7, 11) is 0. The minimum Gasteiger partial charge on any atom is -0.376 e. The third kappa shape index (κ3) is 3.57. The molecule has 3 rings (SSSR count). The Balaban J connectivity index is 1.77. The zero-order chi connectivity index (χ0) is 14.5. The molecule has 1 saturated heterocycles. The molecule has 0 aliphatic carbocycles. The molecule has 2 aromatic heterocycles. The van der Waals surface area contributed by atoms with Crippen LogP contribution < -0.4 is 4.90 Å². The van der Waals surface area contributed by atoms with E-state index in [1.807, 2.05) is 12.1 Å². The molecule has 1 aliphatic rings. The van der Waals surface area contributed by atoms with Gasteiger partial charge in [-0.05, 0) is 36.4 Å². The van der Waals surface area contributed by atoms with E-state index in [9.17, 15) is 0 Å². The predicted molar refractivity (Wildman–Crippen MR) is 81.1 cm³/mol. The number of rotatable bonds is 5. The predicted octanol–water partition coefficient (Wildman–Crippen LogP) is 2.60. The fourth-order valence-electron chi connectivity index (χ4n) is 2.42. The normalized spacial score (nSPS) is 17.6. The Labute approximate surface area is 127 Å². The van der Waals surface area contributed by atoms with Crippen molar-refractivity contribution < 1.29 is 4.74 Å². The topological polar surface area (TPSA) is 62.0 Å². The van der Waals surface area contributed by atoms with E-state index in [0.29, 0.717) is 5.69 Å². The van der Waals surface area contributed by atoms with Crippen LogP contribution in [0.4, 0.5) is 5.82 Å². The van der Waals surface area contributed by atoms with Gasteiger partial charge in [-0.25, -0.2) is 0 Å². The minimum atomic E-state index is 0.252. The first kappa shape index (κ1) is 14.0. The van der Waals surface area contributed by atoms with Gasteiger partial charge >= 0.3 is 0 Å². The average Bonchev–Trinajstić information content (AvgIpc) is 3.20. The molecule has 0 saturated carbocycles. The lowest BCUT2D eigenvalue weighted by molar-refractivity contribution is 0.115. The molecular formula is C15H16N4OS. The van der Waals surface area contributed by atoms with Gasteiger partial charge < -0.3 is 9.64 Å². The average molecular weight is 300 g/mol. The van der Waals surface area contributed by atoms with Gasteiger partial charge in [-0.1, -0.05) is 6.07 Å². The van der Waals surface area contributed by atoms with E-state index in [4.69, 9.17) is 10.00 Å². The van der Waals surface area contributed by atoms with E-state index in [0.717, 1.165) is 38.4 Å². The van der Waals surface area contributed by atoms with E-state index in [1.54, 1.807) is 17.4 Å². The van der Waals surface area contributed by atoms with E-state index in [-0.39, 0.29) is 6.10 Å². The van der Waals surface area contributed by atoms with Crippen molar-refractivity contribution in [3.8, 4) is 6.07 Å². The van der Waals surface area contributed by atoms with Gasteiger partial charge in [0.25, 0.3) is 0 Å². The Kier molecular flexibility index (Phi) is 4.43. The van der Waals surface area contributed by atoms with Crippen LogP contribution in [0.2, 0.25) is 0 Å². The van der Waals surface area contributed by atoms with Crippen molar-refractivity contribution in [2.75, 3.05) is 18.1 Å². The minimum absolute atomic E-state index is 0.252. The van der Waals surface area contributed by atoms with Gasteiger partial charge in [-0.3, -0.25) is 0 Å². The third-order valence-corrected chi connectivity index (χ3v) is 4.32. The Morgan fingerprint density at radius 3 is 2.95 bits per heavy atom. The van der Waals surface area contributed by atoms with Gasteiger partial charge in [-0.2, -0.15) is 5.26 Å². The smallest absolute Gasteiger partial charge is 0.163 e. The molecule has 1 fully saturated rings. The maximum absolute atomic E-state index is 8.82. The lowest BCUT2D eigenvalue weighted by Gasteiger charge is -2.25. The number of thiophene rings is 1. The molecule has 1 atom stereocenters. The summed E-state index contributed by atoms with van der Waals surface area (Å²) in [5, 5.41) is 19.0. The van der Waals surface area contributed by atoms with Crippen LogP contribution in [0, 0.1) is 11.3 Å². The maximum atomic E-state index is 8.82. The molecule has 0 spiro atoms. The Hall–Kier alpha value is -1.97. The second kappa shape index (κ2) is 6.66. The number of ether oxygens (including phenoxy) is 1. The van der Waals surface area contributed by atoms with Crippen molar-refractivity contribution in [3.05, 3.63) is 40.2 Å². The van der Waals surface area contributed by atoms with Crippen LogP contribution in [-0.2, 0) is 11.3 Å². The first-order valence-electron chi connectivity index (χ1n) is 6.98. The molecule has 6 heteroatoms. The summed E-state index contributed by atoms with van der Waals surface area (Å²) in [6, 6.07) is 9.73. The highest BCUT2D eigenvalue weighted by atomic mass is 32.1. The van der Waals surface area contributed by atoms with Crippen LogP contribution in [0.15, 0.2) is 29.6 Å². The number of hydrogen-bond donors (Lipinski definition) is 0. The summed E-state index contributed by atoms with van der Waals surface area (Å²) in [5.74, 6) is 0.790. The largest absolute Gasteiger partial charge is 0.376 e. The van der Waals surface area contributed by atoms with Gasteiger partial charge in [0.2, 0.25) is 0 Å². The van der Waals surface area contributed by atoms with Crippen molar-refractivity contribution in [3.63, 3.8) is 0 Å². The first-order chi connectivity index (χ1) is 10.3. The van der Waals surface area contributed by atoms with Crippen LogP contribution in [0.5, 0.6) is 0 Å². The van der Waals surface area contributed by atoms with Gasteiger partial charge in [0.1, 0.15) is 6.07 Å². The molecule has 0 N–H and O–H groups in total. The van der Waals surface area contributed by atoms with Crippen molar-refractivity contribution in [2.24, 2.45) is 0 Å². The number of anilines is 1. The molecule has 3 heterocycles. The molecular weight excluding hydrogens is 284 g/mol. The molecule has 5 nitrogen and oxygen atoms in total. The van der Waals surface area contributed by atoms with Gasteiger partial charge in [-0.15, -0.1) is 21.5 Å². The Morgan fingerprint density at radius 2 is 2.33 bits per heavy atom. The standard InChI is InChI=1S/C15H16N4OS/c16-9-12-5-6-15(18-17-12)19(10-13-3-1-7-20-13)11-14-4-2-8-21-14/h2,4-6,8,13H,1,3,7,10-11H2. The van der Waals surface area contributed by atoms with Crippen molar-refractivity contribution in [2.45, 2.75) is 25.5 Å². The van der Waals surface area contributed by atoms with Gasteiger partial charge in [0, 0.05) is 18.0 Å². The van der Waals surface area contributed by atoms with Crippen molar-refractivity contribution >= 4 is 17.2 Å². The summed E-state index contributed by atoms with van der Waals surface area (Å²) >= 11 is 1.73. The van der Waals surface area contributed by atoms with E-state index >= 15 is 0 Å². The van der Waals surface area contributed by atoms with Crippen LogP contribution >= 0.6 is 11.3 Å². The van der Waals surface area contributed by atoms with Crippen LogP contribution in [0.1, 0.15) is 23.4 Å². The molecule has 0 aromatic carbocycles. The maximum Gasteiger partial charge on any atom is 0.163 e. The fraction of sp³-hybridized carbons (Fsp3) is 0.400. The highest BCUT2D eigenvalue weighted by Gasteiger charge is 2.21. The molecule has 108 valence electrons. The molecule has 2 aromatic rings. The number of aromatic nitrogens is 2. The second-order valence-corrected chi connectivity index (χ2v) is 6.02. The lowest BCUT2D eigenvalue weighted by Crippen LogP contribution is -2.32. The van der Waals surface area contributed by atoms with Crippen LogP contribution in [-0.4, -0.2) is 29.5 Å². The van der Waals surface area contributed by atoms with Crippen molar-refractivity contribution in [1.82, 2.24) is 10.2 Å². The van der Waals surface area contributed by atoms with E-state index < -0.39 is 0 Å². The fourth-order valence-corrected chi connectivity index (χ4v) is 3.14. The lowest BCUT2D eigenvalue weighted by atomic mass is 10.2. The zero-order valence-electron chi connectivity index (χ0n) is 11.6. The summed E-state index contributed by atoms with van der Waals surface area (Å²) < 4.78 is 5.73. The highest BCUT2D eigenvalue weighted by Crippen LogP contribution is 2.21. The quantitative estimate of drug-likeness (QED) is 0.849. The van der Waals surface area contributed by atoms with Crippen LogP contribution in [0.3, 0.4) is 0 Å². The molecule has 1 aliphatic heterocycles. The first-order valence-corrected chi connectivity index (χ1v) is 7.86. The molecule has 0 radical (unpaired) electrons. The summed E-state index contributed by atoms with van der Waals surface area (Å²) in [4.78, 5) is 3.45.